The molecule has 0 aliphatic rings. The van der Waals surface area contributed by atoms with E-state index in [0.29, 0.717) is 22.6 Å². The standard InChI is InChI=1S/C17H13F2N3O/c1-10-15(20-17(23)13-7-2-3-8-14(13)19)16(22-21-10)11-5-4-6-12(18)9-11/h2-9H,1H3,(H,20,23)(H,21,22). The number of rotatable bonds is 3. The van der Waals surface area contributed by atoms with Crippen LogP contribution < -0.4 is 5.32 Å². The van der Waals surface area contributed by atoms with Gasteiger partial charge in [-0.2, -0.15) is 5.10 Å². The highest BCUT2D eigenvalue weighted by atomic mass is 19.1. The number of benzene rings is 2. The number of H-pyrrole nitrogens is 1. The molecule has 0 spiro atoms. The predicted molar refractivity (Wildman–Crippen MR) is 83.1 cm³/mol. The number of aryl methyl sites for hydroxylation is 1. The van der Waals surface area contributed by atoms with E-state index in [4.69, 9.17) is 0 Å². The number of aromatic nitrogens is 2. The first kappa shape index (κ1) is 14.9. The first-order chi connectivity index (χ1) is 11.1. The van der Waals surface area contributed by atoms with Crippen LogP contribution in [0.3, 0.4) is 0 Å². The van der Waals surface area contributed by atoms with Crippen LogP contribution in [-0.4, -0.2) is 16.1 Å². The first-order valence-electron chi connectivity index (χ1n) is 6.93. The van der Waals surface area contributed by atoms with E-state index in [1.165, 1.54) is 30.3 Å². The fraction of sp³-hybridized carbons (Fsp3) is 0.0588. The number of hydrogen-bond acceptors (Lipinski definition) is 2. The van der Waals surface area contributed by atoms with Gasteiger partial charge in [0.1, 0.15) is 17.3 Å². The fourth-order valence-corrected chi connectivity index (χ4v) is 2.25. The first-order valence-corrected chi connectivity index (χ1v) is 6.93. The molecule has 3 aromatic rings. The number of anilines is 1. The molecule has 23 heavy (non-hydrogen) atoms. The van der Waals surface area contributed by atoms with Crippen LogP contribution in [-0.2, 0) is 0 Å². The Hall–Kier alpha value is -3.02. The lowest BCUT2D eigenvalue weighted by Gasteiger charge is -2.08. The van der Waals surface area contributed by atoms with Crippen molar-refractivity contribution in [2.24, 2.45) is 0 Å². The van der Waals surface area contributed by atoms with Gasteiger partial charge in [-0.3, -0.25) is 9.89 Å². The van der Waals surface area contributed by atoms with Crippen molar-refractivity contribution < 1.29 is 13.6 Å². The molecule has 0 bridgehead atoms. The van der Waals surface area contributed by atoms with Crippen molar-refractivity contribution in [3.8, 4) is 11.3 Å². The maximum atomic E-state index is 13.7. The van der Waals surface area contributed by atoms with Gasteiger partial charge >= 0.3 is 0 Å². The van der Waals surface area contributed by atoms with Gasteiger partial charge in [0, 0.05) is 5.56 Å². The van der Waals surface area contributed by atoms with Crippen molar-refractivity contribution in [1.82, 2.24) is 10.2 Å². The average molecular weight is 313 g/mol. The van der Waals surface area contributed by atoms with Crippen LogP contribution in [0.25, 0.3) is 11.3 Å². The number of carbonyl (C=O) groups excluding carboxylic acids is 1. The number of amides is 1. The van der Waals surface area contributed by atoms with Crippen LogP contribution in [0, 0.1) is 18.6 Å². The van der Waals surface area contributed by atoms with E-state index in [9.17, 15) is 13.6 Å². The van der Waals surface area contributed by atoms with Gasteiger partial charge in [-0.25, -0.2) is 8.78 Å². The SMILES string of the molecule is Cc1[nH]nc(-c2cccc(F)c2)c1NC(=O)c1ccccc1F. The summed E-state index contributed by atoms with van der Waals surface area (Å²) in [7, 11) is 0. The van der Waals surface area contributed by atoms with Crippen LogP contribution in [0.2, 0.25) is 0 Å². The van der Waals surface area contributed by atoms with Crippen molar-refractivity contribution in [2.45, 2.75) is 6.92 Å². The van der Waals surface area contributed by atoms with E-state index in [0.717, 1.165) is 0 Å². The van der Waals surface area contributed by atoms with E-state index in [1.54, 1.807) is 25.1 Å². The molecule has 0 fully saturated rings. The number of halogens is 2. The highest BCUT2D eigenvalue weighted by Gasteiger charge is 2.18. The van der Waals surface area contributed by atoms with Gasteiger partial charge in [0.25, 0.3) is 5.91 Å². The smallest absolute Gasteiger partial charge is 0.258 e. The summed E-state index contributed by atoms with van der Waals surface area (Å²) in [5.41, 5.74) is 1.82. The molecule has 0 radical (unpaired) electrons. The number of carbonyl (C=O) groups is 1. The van der Waals surface area contributed by atoms with Crippen molar-refractivity contribution in [2.75, 3.05) is 5.32 Å². The molecule has 2 aromatic carbocycles. The van der Waals surface area contributed by atoms with Crippen molar-refractivity contribution in [3.05, 3.63) is 71.4 Å². The topological polar surface area (TPSA) is 57.8 Å². The lowest BCUT2D eigenvalue weighted by atomic mass is 10.1. The summed E-state index contributed by atoms with van der Waals surface area (Å²) in [4.78, 5) is 12.3. The Morgan fingerprint density at radius 1 is 1.13 bits per heavy atom. The Balaban J connectivity index is 1.97. The summed E-state index contributed by atoms with van der Waals surface area (Å²) < 4.78 is 27.1. The van der Waals surface area contributed by atoms with Crippen LogP contribution in [0.4, 0.5) is 14.5 Å². The van der Waals surface area contributed by atoms with Crippen LogP contribution in [0.15, 0.2) is 48.5 Å². The lowest BCUT2D eigenvalue weighted by Crippen LogP contribution is -2.14. The van der Waals surface area contributed by atoms with Gasteiger partial charge < -0.3 is 5.32 Å². The normalized spacial score (nSPS) is 10.6. The van der Waals surface area contributed by atoms with Gasteiger partial charge in [0.05, 0.1) is 16.9 Å². The van der Waals surface area contributed by atoms with E-state index in [2.05, 4.69) is 15.5 Å². The molecular weight excluding hydrogens is 300 g/mol. The lowest BCUT2D eigenvalue weighted by molar-refractivity contribution is 0.102. The highest BCUT2D eigenvalue weighted by Crippen LogP contribution is 2.29. The summed E-state index contributed by atoms with van der Waals surface area (Å²) in [6.45, 7) is 1.72. The minimum absolute atomic E-state index is 0.0710. The molecule has 2 N–H and O–H groups in total. The summed E-state index contributed by atoms with van der Waals surface area (Å²) in [5, 5.41) is 9.48. The minimum atomic E-state index is -0.613. The molecule has 0 saturated heterocycles. The average Bonchev–Trinajstić information content (AvgIpc) is 2.89. The third-order valence-electron chi connectivity index (χ3n) is 3.40. The van der Waals surface area contributed by atoms with Gasteiger partial charge in [-0.15, -0.1) is 0 Å². The number of nitrogens with zero attached hydrogens (tertiary/aromatic N) is 1. The number of hydrogen-bond donors (Lipinski definition) is 2. The Morgan fingerprint density at radius 2 is 1.91 bits per heavy atom. The second-order valence-corrected chi connectivity index (χ2v) is 5.02. The zero-order valence-corrected chi connectivity index (χ0v) is 12.2. The third kappa shape index (κ3) is 2.96. The van der Waals surface area contributed by atoms with Gasteiger partial charge in [0.15, 0.2) is 0 Å². The fourth-order valence-electron chi connectivity index (χ4n) is 2.25. The van der Waals surface area contributed by atoms with E-state index in [-0.39, 0.29) is 5.56 Å². The summed E-state index contributed by atoms with van der Waals surface area (Å²) in [6, 6.07) is 11.6. The molecule has 0 aliphatic carbocycles. The Labute approximate surface area is 131 Å². The highest BCUT2D eigenvalue weighted by molar-refractivity contribution is 6.06. The number of aromatic amines is 1. The van der Waals surface area contributed by atoms with Crippen molar-refractivity contribution in [1.29, 1.82) is 0 Å². The van der Waals surface area contributed by atoms with Gasteiger partial charge in [0.2, 0.25) is 0 Å². The molecule has 0 unspecified atom stereocenters. The van der Waals surface area contributed by atoms with Crippen LogP contribution in [0.5, 0.6) is 0 Å². The summed E-state index contributed by atoms with van der Waals surface area (Å²) >= 11 is 0. The van der Waals surface area contributed by atoms with E-state index in [1.807, 2.05) is 0 Å². The Bertz CT molecular complexity index is 874. The zero-order valence-electron chi connectivity index (χ0n) is 12.2. The molecule has 4 nitrogen and oxygen atoms in total. The predicted octanol–water partition coefficient (Wildman–Crippen LogP) is 3.92. The maximum Gasteiger partial charge on any atom is 0.258 e. The molecule has 0 saturated carbocycles. The Kier molecular flexibility index (Phi) is 3.89. The maximum absolute atomic E-state index is 13.7. The molecule has 1 heterocycles. The van der Waals surface area contributed by atoms with Crippen LogP contribution >= 0.6 is 0 Å². The summed E-state index contributed by atoms with van der Waals surface area (Å²) in [5.74, 6) is -1.61. The molecule has 6 heteroatoms. The molecule has 116 valence electrons. The van der Waals surface area contributed by atoms with E-state index >= 15 is 0 Å². The van der Waals surface area contributed by atoms with Crippen LogP contribution in [0.1, 0.15) is 16.1 Å². The number of nitrogens with one attached hydrogen (secondary N) is 2. The second-order valence-electron chi connectivity index (χ2n) is 5.02. The quantitative estimate of drug-likeness (QED) is 0.770. The van der Waals surface area contributed by atoms with Gasteiger partial charge in [-0.05, 0) is 31.2 Å². The van der Waals surface area contributed by atoms with Gasteiger partial charge in [-0.1, -0.05) is 24.3 Å². The Morgan fingerprint density at radius 3 is 2.65 bits per heavy atom. The molecule has 0 aliphatic heterocycles. The zero-order chi connectivity index (χ0) is 16.4. The molecular formula is C17H13F2N3O. The molecule has 1 amide bonds. The van der Waals surface area contributed by atoms with E-state index < -0.39 is 17.5 Å². The largest absolute Gasteiger partial charge is 0.318 e. The van der Waals surface area contributed by atoms with Crippen molar-refractivity contribution >= 4 is 11.6 Å². The monoisotopic (exact) mass is 313 g/mol. The molecule has 3 rings (SSSR count). The third-order valence-corrected chi connectivity index (χ3v) is 3.40. The van der Waals surface area contributed by atoms with Crippen molar-refractivity contribution in [3.63, 3.8) is 0 Å². The molecule has 0 atom stereocenters. The molecule has 1 aromatic heterocycles. The second kappa shape index (κ2) is 6.00. The minimum Gasteiger partial charge on any atom is -0.318 e. The summed E-state index contributed by atoms with van der Waals surface area (Å²) in [6.07, 6.45) is 0.